The number of carbonyl (C=O) groups excluding carboxylic acids is 1. The predicted molar refractivity (Wildman–Crippen MR) is 112 cm³/mol. The fraction of sp³-hybridized carbons (Fsp3) is 0.409. The molecule has 1 fully saturated rings. The van der Waals surface area contributed by atoms with Gasteiger partial charge in [0.05, 0.1) is 0 Å². The molecule has 6 heteroatoms. The van der Waals surface area contributed by atoms with Gasteiger partial charge in [-0.3, -0.25) is 4.79 Å². The number of fused-ring (bicyclic) bond motifs is 1. The lowest BCUT2D eigenvalue weighted by molar-refractivity contribution is -0.131. The summed E-state index contributed by atoms with van der Waals surface area (Å²) in [5, 5.41) is 1.23. The maximum Gasteiger partial charge on any atom is 0.225 e. The molecule has 1 aromatic carbocycles. The fourth-order valence-electron chi connectivity index (χ4n) is 4.02. The van der Waals surface area contributed by atoms with Gasteiger partial charge in [0.1, 0.15) is 0 Å². The first-order valence-electron chi connectivity index (χ1n) is 9.91. The minimum Gasteiger partial charge on any atom is -0.344 e. The van der Waals surface area contributed by atoms with E-state index in [1.807, 2.05) is 30.9 Å². The van der Waals surface area contributed by atoms with E-state index in [9.17, 15) is 4.79 Å². The summed E-state index contributed by atoms with van der Waals surface area (Å²) in [6.45, 7) is 9.81. The zero-order chi connectivity index (χ0) is 19.7. The summed E-state index contributed by atoms with van der Waals surface area (Å²) in [7, 11) is 0. The van der Waals surface area contributed by atoms with E-state index in [-0.39, 0.29) is 5.91 Å². The minimum atomic E-state index is 0.221. The molecular formula is C22H27N5O. The molecule has 146 valence electrons. The van der Waals surface area contributed by atoms with Crippen molar-refractivity contribution in [3.05, 3.63) is 53.5 Å². The molecule has 3 heterocycles. The van der Waals surface area contributed by atoms with Crippen LogP contribution in [-0.2, 0) is 11.3 Å². The van der Waals surface area contributed by atoms with Crippen molar-refractivity contribution in [2.75, 3.05) is 31.1 Å². The molecule has 0 unspecified atom stereocenters. The molecule has 0 spiro atoms. The van der Waals surface area contributed by atoms with Gasteiger partial charge in [0, 0.05) is 61.7 Å². The van der Waals surface area contributed by atoms with Crippen molar-refractivity contribution in [3.8, 4) is 0 Å². The van der Waals surface area contributed by atoms with Crippen LogP contribution in [0.25, 0.3) is 10.9 Å². The van der Waals surface area contributed by atoms with Gasteiger partial charge in [0.2, 0.25) is 11.9 Å². The first kappa shape index (κ1) is 18.5. The van der Waals surface area contributed by atoms with E-state index in [0.717, 1.165) is 50.1 Å². The summed E-state index contributed by atoms with van der Waals surface area (Å²) in [4.78, 5) is 26.0. The quantitative estimate of drug-likeness (QED) is 0.701. The number of amides is 1. The first-order chi connectivity index (χ1) is 13.5. The van der Waals surface area contributed by atoms with Crippen LogP contribution in [0.2, 0.25) is 0 Å². The van der Waals surface area contributed by atoms with Gasteiger partial charge < -0.3 is 14.4 Å². The number of piperazine rings is 1. The molecule has 2 aromatic heterocycles. The van der Waals surface area contributed by atoms with Crippen LogP contribution >= 0.6 is 0 Å². The largest absolute Gasteiger partial charge is 0.344 e. The zero-order valence-corrected chi connectivity index (χ0v) is 16.9. The molecule has 4 rings (SSSR count). The van der Waals surface area contributed by atoms with Crippen LogP contribution < -0.4 is 4.90 Å². The van der Waals surface area contributed by atoms with Crippen molar-refractivity contribution < 1.29 is 4.79 Å². The molecule has 1 aliphatic rings. The monoisotopic (exact) mass is 377 g/mol. The van der Waals surface area contributed by atoms with Crippen molar-refractivity contribution >= 4 is 22.8 Å². The second-order valence-electron chi connectivity index (χ2n) is 7.56. The Labute approximate surface area is 165 Å². The molecule has 6 nitrogen and oxygen atoms in total. The average molecular weight is 377 g/mol. The highest BCUT2D eigenvalue weighted by Crippen LogP contribution is 2.20. The number of para-hydroxylation sites is 1. The van der Waals surface area contributed by atoms with Crippen LogP contribution in [0.1, 0.15) is 23.5 Å². The van der Waals surface area contributed by atoms with E-state index in [1.54, 1.807) is 0 Å². The van der Waals surface area contributed by atoms with E-state index in [0.29, 0.717) is 6.42 Å². The van der Waals surface area contributed by atoms with Crippen molar-refractivity contribution in [1.29, 1.82) is 0 Å². The maximum atomic E-state index is 12.8. The van der Waals surface area contributed by atoms with Gasteiger partial charge in [0.15, 0.2) is 0 Å². The van der Waals surface area contributed by atoms with Crippen LogP contribution in [-0.4, -0.2) is 51.5 Å². The van der Waals surface area contributed by atoms with E-state index >= 15 is 0 Å². The van der Waals surface area contributed by atoms with Crippen LogP contribution in [0.15, 0.2) is 36.4 Å². The molecule has 0 bridgehead atoms. The third kappa shape index (κ3) is 3.72. The molecule has 1 saturated heterocycles. The van der Waals surface area contributed by atoms with Crippen LogP contribution in [0.4, 0.5) is 5.95 Å². The average Bonchev–Trinajstić information content (AvgIpc) is 3.00. The number of benzene rings is 1. The van der Waals surface area contributed by atoms with Crippen molar-refractivity contribution in [3.63, 3.8) is 0 Å². The normalized spacial score (nSPS) is 14.7. The Bertz CT molecular complexity index is 981. The Morgan fingerprint density at radius 1 is 0.964 bits per heavy atom. The summed E-state index contributed by atoms with van der Waals surface area (Å²) in [6, 6.07) is 12.5. The van der Waals surface area contributed by atoms with E-state index < -0.39 is 0 Å². The Morgan fingerprint density at radius 3 is 2.36 bits per heavy atom. The van der Waals surface area contributed by atoms with Gasteiger partial charge in [-0.2, -0.15) is 0 Å². The molecule has 0 saturated carbocycles. The molecule has 1 aliphatic heterocycles. The summed E-state index contributed by atoms with van der Waals surface area (Å²) < 4.78 is 2.24. The second-order valence-corrected chi connectivity index (χ2v) is 7.56. The Morgan fingerprint density at radius 2 is 1.64 bits per heavy atom. The molecule has 0 radical (unpaired) electrons. The van der Waals surface area contributed by atoms with Crippen molar-refractivity contribution in [2.24, 2.45) is 0 Å². The molecule has 0 N–H and O–H groups in total. The number of hydrogen-bond donors (Lipinski definition) is 0. The number of anilines is 1. The smallest absolute Gasteiger partial charge is 0.225 e. The number of aryl methyl sites for hydroxylation is 4. The van der Waals surface area contributed by atoms with Gasteiger partial charge in [-0.1, -0.05) is 18.2 Å². The van der Waals surface area contributed by atoms with Crippen LogP contribution in [0.5, 0.6) is 0 Å². The standard InChI is InChI=1S/C22H27N5O/c1-16-14-17(2)24-22(23-16)26-12-10-25(11-13-26)21(28)8-9-27-18(3)15-19-6-4-5-7-20(19)27/h4-7,14-15H,8-13H2,1-3H3. The van der Waals surface area contributed by atoms with Gasteiger partial charge in [-0.25, -0.2) is 9.97 Å². The van der Waals surface area contributed by atoms with Gasteiger partial charge in [0.25, 0.3) is 0 Å². The number of rotatable bonds is 4. The second kappa shape index (κ2) is 7.62. The Balaban J connectivity index is 1.36. The predicted octanol–water partition coefficient (Wildman–Crippen LogP) is 3.10. The lowest BCUT2D eigenvalue weighted by atomic mass is 10.2. The topological polar surface area (TPSA) is 54.3 Å². The van der Waals surface area contributed by atoms with Crippen LogP contribution in [0, 0.1) is 20.8 Å². The summed E-state index contributed by atoms with van der Waals surface area (Å²) in [5.41, 5.74) is 4.36. The van der Waals surface area contributed by atoms with E-state index in [2.05, 4.69) is 50.6 Å². The van der Waals surface area contributed by atoms with E-state index in [4.69, 9.17) is 0 Å². The van der Waals surface area contributed by atoms with Crippen LogP contribution in [0.3, 0.4) is 0 Å². The van der Waals surface area contributed by atoms with Gasteiger partial charge in [-0.05, 0) is 44.4 Å². The highest BCUT2D eigenvalue weighted by Gasteiger charge is 2.23. The van der Waals surface area contributed by atoms with Gasteiger partial charge in [-0.15, -0.1) is 0 Å². The third-order valence-electron chi connectivity index (χ3n) is 5.45. The number of hydrogen-bond acceptors (Lipinski definition) is 4. The number of carbonyl (C=O) groups is 1. The Hall–Kier alpha value is -2.89. The SMILES string of the molecule is Cc1cc(C)nc(N2CCN(C(=O)CCn3c(C)cc4ccccc43)CC2)n1. The molecular weight excluding hydrogens is 350 g/mol. The molecule has 0 atom stereocenters. The lowest BCUT2D eigenvalue weighted by Gasteiger charge is -2.35. The highest BCUT2D eigenvalue weighted by molar-refractivity contribution is 5.82. The molecule has 28 heavy (non-hydrogen) atoms. The Kier molecular flexibility index (Phi) is 5.03. The number of nitrogens with zero attached hydrogens (tertiary/aromatic N) is 5. The molecule has 0 aliphatic carbocycles. The number of aromatic nitrogens is 3. The van der Waals surface area contributed by atoms with Crippen molar-refractivity contribution in [1.82, 2.24) is 19.4 Å². The summed E-state index contributed by atoms with van der Waals surface area (Å²) in [5.74, 6) is 0.997. The zero-order valence-electron chi connectivity index (χ0n) is 16.9. The maximum absolute atomic E-state index is 12.8. The molecule has 1 amide bonds. The first-order valence-corrected chi connectivity index (χ1v) is 9.91. The fourth-order valence-corrected chi connectivity index (χ4v) is 4.02. The lowest BCUT2D eigenvalue weighted by Crippen LogP contribution is -2.49. The highest BCUT2D eigenvalue weighted by atomic mass is 16.2. The summed E-state index contributed by atoms with van der Waals surface area (Å²) in [6.07, 6.45) is 0.527. The van der Waals surface area contributed by atoms with Gasteiger partial charge >= 0.3 is 0 Å². The third-order valence-corrected chi connectivity index (χ3v) is 5.45. The van der Waals surface area contributed by atoms with E-state index in [1.165, 1.54) is 16.6 Å². The van der Waals surface area contributed by atoms with Crippen molar-refractivity contribution in [2.45, 2.75) is 33.7 Å². The summed E-state index contributed by atoms with van der Waals surface area (Å²) >= 11 is 0. The molecule has 3 aromatic rings. The minimum absolute atomic E-state index is 0.221.